The van der Waals surface area contributed by atoms with E-state index in [-0.39, 0.29) is 31.0 Å². The fraction of sp³-hybridized carbons (Fsp3) is 0.167. The lowest BCUT2D eigenvalue weighted by molar-refractivity contribution is -0.137. The molecule has 0 saturated heterocycles. The average Bonchev–Trinajstić information content (AvgIpc) is 2.77. The lowest BCUT2D eigenvalue weighted by atomic mass is 10.1. The maximum Gasteiger partial charge on any atom is 0.416 e. The van der Waals surface area contributed by atoms with Gasteiger partial charge >= 0.3 is 12.1 Å². The maximum atomic E-state index is 12.6. The van der Waals surface area contributed by atoms with Gasteiger partial charge in [0.25, 0.3) is 0 Å². The van der Waals surface area contributed by atoms with Gasteiger partial charge in [0.1, 0.15) is 12.4 Å². The highest BCUT2D eigenvalue weighted by Crippen LogP contribution is 2.29. The van der Waals surface area contributed by atoms with E-state index in [0.717, 1.165) is 17.7 Å². The number of amides is 1. The van der Waals surface area contributed by atoms with Crippen molar-refractivity contribution in [1.29, 1.82) is 0 Å². The quantitative estimate of drug-likeness (QED) is 0.522. The van der Waals surface area contributed by atoms with E-state index < -0.39 is 17.7 Å². The van der Waals surface area contributed by atoms with E-state index in [1.165, 1.54) is 18.2 Å². The Labute approximate surface area is 182 Å². The molecule has 0 atom stereocenters. The molecule has 0 aliphatic rings. The van der Waals surface area contributed by atoms with Crippen molar-refractivity contribution >= 4 is 11.9 Å². The van der Waals surface area contributed by atoms with Gasteiger partial charge in [-0.3, -0.25) is 4.79 Å². The number of carbonyl (C=O) groups excluding carboxylic acids is 1. The number of carboxylic acids is 1. The second kappa shape index (κ2) is 10.00. The van der Waals surface area contributed by atoms with Crippen molar-refractivity contribution in [3.05, 3.63) is 101 Å². The van der Waals surface area contributed by atoms with Crippen molar-refractivity contribution in [3.8, 4) is 5.75 Å². The van der Waals surface area contributed by atoms with Gasteiger partial charge in [-0.2, -0.15) is 13.2 Å². The van der Waals surface area contributed by atoms with Gasteiger partial charge in [-0.25, -0.2) is 4.79 Å². The first kappa shape index (κ1) is 22.9. The second-order valence-electron chi connectivity index (χ2n) is 7.04. The molecule has 0 heterocycles. The van der Waals surface area contributed by atoms with Crippen LogP contribution >= 0.6 is 0 Å². The molecule has 1 amide bonds. The van der Waals surface area contributed by atoms with Crippen LogP contribution in [0.25, 0.3) is 0 Å². The lowest BCUT2D eigenvalue weighted by Gasteiger charge is -2.10. The molecule has 32 heavy (non-hydrogen) atoms. The summed E-state index contributed by atoms with van der Waals surface area (Å²) in [5.74, 6) is -0.769. The van der Waals surface area contributed by atoms with Gasteiger partial charge in [-0.05, 0) is 41.5 Å². The molecule has 166 valence electrons. The molecule has 0 spiro atoms. The monoisotopic (exact) mass is 443 g/mol. The van der Waals surface area contributed by atoms with Crippen molar-refractivity contribution in [3.63, 3.8) is 0 Å². The minimum Gasteiger partial charge on any atom is -0.489 e. The first-order chi connectivity index (χ1) is 15.2. The Hall–Kier alpha value is -3.81. The van der Waals surface area contributed by atoms with E-state index in [9.17, 15) is 27.9 Å². The second-order valence-corrected chi connectivity index (χ2v) is 7.04. The molecule has 0 aliphatic heterocycles. The van der Waals surface area contributed by atoms with Crippen LogP contribution in [0.3, 0.4) is 0 Å². The molecule has 5 nitrogen and oxygen atoms in total. The summed E-state index contributed by atoms with van der Waals surface area (Å²) in [6.07, 6.45) is -4.29. The highest BCUT2D eigenvalue weighted by molar-refractivity contribution is 5.89. The first-order valence-electron chi connectivity index (χ1n) is 9.68. The standard InChI is InChI=1S/C24H20F3NO4/c25-24(26,27)19-9-5-17(6-10-19)14-28-22(29)13-16-7-11-20(12-8-16)32-15-18-3-1-2-4-21(18)23(30)31/h1-12H,13-15H2,(H,28,29)(H,30,31). The first-order valence-corrected chi connectivity index (χ1v) is 9.68. The summed E-state index contributed by atoms with van der Waals surface area (Å²) in [7, 11) is 0. The van der Waals surface area contributed by atoms with Crippen LogP contribution in [0.2, 0.25) is 0 Å². The van der Waals surface area contributed by atoms with E-state index in [0.29, 0.717) is 16.9 Å². The Morgan fingerprint density at radius 2 is 1.50 bits per heavy atom. The zero-order valence-corrected chi connectivity index (χ0v) is 16.9. The number of nitrogens with one attached hydrogen (secondary N) is 1. The number of carbonyl (C=O) groups is 2. The molecule has 0 aliphatic carbocycles. The number of rotatable bonds is 8. The molecule has 2 N–H and O–H groups in total. The molecular formula is C24H20F3NO4. The molecule has 0 aromatic heterocycles. The minimum absolute atomic E-state index is 0.0927. The normalized spacial score (nSPS) is 11.1. The Morgan fingerprint density at radius 1 is 0.875 bits per heavy atom. The summed E-state index contributed by atoms with van der Waals surface area (Å²) >= 11 is 0. The third-order valence-electron chi connectivity index (χ3n) is 4.70. The predicted molar refractivity (Wildman–Crippen MR) is 111 cm³/mol. The molecule has 3 aromatic carbocycles. The summed E-state index contributed by atoms with van der Waals surface area (Å²) in [5.41, 5.74) is 1.28. The molecule has 0 fully saturated rings. The molecule has 3 rings (SSSR count). The van der Waals surface area contributed by atoms with Crippen LogP contribution in [-0.4, -0.2) is 17.0 Å². The summed E-state index contributed by atoms with van der Waals surface area (Å²) < 4.78 is 43.4. The van der Waals surface area contributed by atoms with Gasteiger partial charge in [-0.15, -0.1) is 0 Å². The summed E-state index contributed by atoms with van der Waals surface area (Å²) in [4.78, 5) is 23.4. The fourth-order valence-electron chi connectivity index (χ4n) is 2.98. The summed E-state index contributed by atoms with van der Waals surface area (Å²) in [6, 6.07) is 18.0. The van der Waals surface area contributed by atoms with E-state index in [1.54, 1.807) is 42.5 Å². The molecule has 0 unspecified atom stereocenters. The van der Waals surface area contributed by atoms with E-state index in [4.69, 9.17) is 4.74 Å². The Bertz CT molecular complexity index is 1080. The number of alkyl halides is 3. The zero-order chi connectivity index (χ0) is 23.1. The van der Waals surface area contributed by atoms with Crippen LogP contribution in [0.5, 0.6) is 5.75 Å². The van der Waals surface area contributed by atoms with Crippen LogP contribution in [0.1, 0.15) is 32.6 Å². The molecule has 0 bridgehead atoms. The molecule has 0 saturated carbocycles. The van der Waals surface area contributed by atoms with Crippen molar-refractivity contribution < 1.29 is 32.6 Å². The van der Waals surface area contributed by atoms with E-state index >= 15 is 0 Å². The average molecular weight is 443 g/mol. The Balaban J connectivity index is 1.49. The topological polar surface area (TPSA) is 75.6 Å². The van der Waals surface area contributed by atoms with Crippen LogP contribution in [-0.2, 0) is 30.5 Å². The van der Waals surface area contributed by atoms with E-state index in [1.807, 2.05) is 0 Å². The maximum absolute atomic E-state index is 12.6. The van der Waals surface area contributed by atoms with Crippen LogP contribution in [0.4, 0.5) is 13.2 Å². The van der Waals surface area contributed by atoms with Crippen molar-refractivity contribution in [2.45, 2.75) is 25.7 Å². The van der Waals surface area contributed by atoms with Crippen molar-refractivity contribution in [2.75, 3.05) is 0 Å². The molecular weight excluding hydrogens is 423 g/mol. The number of benzene rings is 3. The van der Waals surface area contributed by atoms with Crippen LogP contribution in [0, 0.1) is 0 Å². The number of hydrogen-bond acceptors (Lipinski definition) is 3. The van der Waals surface area contributed by atoms with Gasteiger partial charge in [0.2, 0.25) is 5.91 Å². The number of hydrogen-bond donors (Lipinski definition) is 2. The smallest absolute Gasteiger partial charge is 0.416 e. The molecule has 0 radical (unpaired) electrons. The van der Waals surface area contributed by atoms with Crippen LogP contribution < -0.4 is 10.1 Å². The largest absolute Gasteiger partial charge is 0.489 e. The number of aromatic carboxylic acids is 1. The fourth-order valence-corrected chi connectivity index (χ4v) is 2.98. The highest BCUT2D eigenvalue weighted by Gasteiger charge is 2.29. The van der Waals surface area contributed by atoms with Crippen molar-refractivity contribution in [2.24, 2.45) is 0 Å². The number of halogens is 3. The van der Waals surface area contributed by atoms with Crippen molar-refractivity contribution in [1.82, 2.24) is 5.32 Å². The third kappa shape index (κ3) is 6.34. The SMILES string of the molecule is O=C(Cc1ccc(OCc2ccccc2C(=O)O)cc1)NCc1ccc(C(F)(F)F)cc1. The van der Waals surface area contributed by atoms with Gasteiger partial charge in [0.15, 0.2) is 0 Å². The van der Waals surface area contributed by atoms with Gasteiger partial charge in [0.05, 0.1) is 17.5 Å². The minimum atomic E-state index is -4.39. The summed E-state index contributed by atoms with van der Waals surface area (Å²) in [6.45, 7) is 0.219. The van der Waals surface area contributed by atoms with Gasteiger partial charge < -0.3 is 15.2 Å². The van der Waals surface area contributed by atoms with Crippen LogP contribution in [0.15, 0.2) is 72.8 Å². The van der Waals surface area contributed by atoms with Gasteiger partial charge in [-0.1, -0.05) is 42.5 Å². The number of carboxylic acid groups (broad SMARTS) is 1. The predicted octanol–water partition coefficient (Wildman–Crippen LogP) is 4.84. The zero-order valence-electron chi connectivity index (χ0n) is 16.9. The Kier molecular flexibility index (Phi) is 7.14. The van der Waals surface area contributed by atoms with E-state index in [2.05, 4.69) is 5.32 Å². The van der Waals surface area contributed by atoms with Gasteiger partial charge in [0, 0.05) is 12.1 Å². The third-order valence-corrected chi connectivity index (χ3v) is 4.70. The molecule has 8 heteroatoms. The molecule has 3 aromatic rings. The highest BCUT2D eigenvalue weighted by atomic mass is 19.4. The Morgan fingerprint density at radius 3 is 2.12 bits per heavy atom. The number of ether oxygens (including phenoxy) is 1. The summed E-state index contributed by atoms with van der Waals surface area (Å²) in [5, 5.41) is 11.9. The lowest BCUT2D eigenvalue weighted by Crippen LogP contribution is -2.24.